The number of hydrogen-bond acceptors (Lipinski definition) is 2. The van der Waals surface area contributed by atoms with Gasteiger partial charge in [0.15, 0.2) is 0 Å². The molecular formula is C6H9IO2. The van der Waals surface area contributed by atoms with E-state index in [1.165, 1.54) is 0 Å². The first-order chi connectivity index (χ1) is 4.41. The van der Waals surface area contributed by atoms with Crippen LogP contribution in [0, 0.1) is 11.8 Å². The van der Waals surface area contributed by atoms with Gasteiger partial charge < -0.3 is 9.47 Å². The number of hydrogen-bond donors (Lipinski definition) is 0. The third-order valence-electron chi connectivity index (χ3n) is 0.567. The Morgan fingerprint density at radius 1 is 1.44 bits per heavy atom. The summed E-state index contributed by atoms with van der Waals surface area (Å²) in [6.45, 7) is 0.798. The van der Waals surface area contributed by atoms with Gasteiger partial charge in [-0.15, -0.1) is 0 Å². The molecule has 0 aliphatic heterocycles. The minimum absolute atomic E-state index is 0.329. The fraction of sp³-hybridized carbons (Fsp3) is 0.667. The van der Waals surface area contributed by atoms with Crippen LogP contribution in [0.1, 0.15) is 0 Å². The Kier molecular flexibility index (Phi) is 8.40. The topological polar surface area (TPSA) is 18.5 Å². The average Bonchev–Trinajstić information content (AvgIpc) is 1.89. The van der Waals surface area contributed by atoms with Crippen LogP contribution in [0.4, 0.5) is 0 Å². The Balaban J connectivity index is 2.90. The van der Waals surface area contributed by atoms with Crippen LogP contribution in [0.25, 0.3) is 0 Å². The molecule has 0 amide bonds. The molecule has 0 radical (unpaired) electrons. The van der Waals surface area contributed by atoms with Crippen molar-refractivity contribution >= 4 is 22.6 Å². The summed E-state index contributed by atoms with van der Waals surface area (Å²) in [7, 11) is 1.59. The van der Waals surface area contributed by atoms with Crippen molar-refractivity contribution in [2.75, 3.05) is 24.9 Å². The molecule has 0 bridgehead atoms. The van der Waals surface area contributed by atoms with Crippen LogP contribution in [-0.4, -0.2) is 24.9 Å². The fourth-order valence-corrected chi connectivity index (χ4v) is 0.544. The van der Waals surface area contributed by atoms with E-state index in [-0.39, 0.29) is 0 Å². The van der Waals surface area contributed by atoms with Crippen LogP contribution in [0.3, 0.4) is 0 Å². The van der Waals surface area contributed by atoms with Gasteiger partial charge in [0, 0.05) is 7.11 Å². The van der Waals surface area contributed by atoms with E-state index in [0.29, 0.717) is 13.4 Å². The highest BCUT2D eigenvalue weighted by Crippen LogP contribution is 1.76. The Morgan fingerprint density at radius 3 is 2.78 bits per heavy atom. The van der Waals surface area contributed by atoms with Crippen LogP contribution >= 0.6 is 22.6 Å². The maximum atomic E-state index is 4.89. The number of methoxy groups -OCH3 is 1. The number of ether oxygens (including phenoxy) is 2. The second-order valence-electron chi connectivity index (χ2n) is 1.24. The number of rotatable bonds is 3. The van der Waals surface area contributed by atoms with Crippen molar-refractivity contribution in [2.45, 2.75) is 0 Å². The first kappa shape index (κ1) is 9.21. The molecular weight excluding hydrogens is 231 g/mol. The summed E-state index contributed by atoms with van der Waals surface area (Å²) in [6, 6.07) is 0. The van der Waals surface area contributed by atoms with E-state index >= 15 is 0 Å². The van der Waals surface area contributed by atoms with E-state index in [4.69, 9.17) is 4.74 Å². The molecule has 2 nitrogen and oxygen atoms in total. The molecule has 0 saturated heterocycles. The molecule has 0 spiro atoms. The molecule has 0 N–H and O–H groups in total. The van der Waals surface area contributed by atoms with Gasteiger partial charge in [-0.2, -0.15) is 0 Å². The van der Waals surface area contributed by atoms with Crippen LogP contribution in [0.5, 0.6) is 0 Å². The standard InChI is InChI=1S/C6H9IO2/c1-8-6-9-5-3-2-4-7/h4-6H2,1H3. The third-order valence-corrected chi connectivity index (χ3v) is 0.949. The molecule has 0 aromatic heterocycles. The van der Waals surface area contributed by atoms with Crippen LogP contribution in [0.15, 0.2) is 0 Å². The van der Waals surface area contributed by atoms with Crippen molar-refractivity contribution < 1.29 is 9.47 Å². The van der Waals surface area contributed by atoms with Crippen molar-refractivity contribution in [3.63, 3.8) is 0 Å². The maximum absolute atomic E-state index is 4.89. The zero-order chi connectivity index (χ0) is 6.95. The molecule has 0 fully saturated rings. The lowest BCUT2D eigenvalue weighted by Crippen LogP contribution is -1.95. The van der Waals surface area contributed by atoms with Gasteiger partial charge in [-0.1, -0.05) is 34.4 Å². The zero-order valence-corrected chi connectivity index (χ0v) is 7.47. The first-order valence-corrected chi connectivity index (χ1v) is 4.02. The highest BCUT2D eigenvalue weighted by molar-refractivity contribution is 14.1. The second-order valence-corrected chi connectivity index (χ2v) is 2.00. The highest BCUT2D eigenvalue weighted by Gasteiger charge is 1.75. The number of halogens is 1. The highest BCUT2D eigenvalue weighted by atomic mass is 127. The van der Waals surface area contributed by atoms with Crippen LogP contribution in [0.2, 0.25) is 0 Å². The molecule has 0 aliphatic carbocycles. The van der Waals surface area contributed by atoms with Gasteiger partial charge in [0.2, 0.25) is 0 Å². The van der Waals surface area contributed by atoms with Crippen molar-refractivity contribution in [1.82, 2.24) is 0 Å². The van der Waals surface area contributed by atoms with Gasteiger partial charge in [0.1, 0.15) is 13.4 Å². The van der Waals surface area contributed by atoms with E-state index in [2.05, 4.69) is 39.2 Å². The van der Waals surface area contributed by atoms with Gasteiger partial charge in [0.05, 0.1) is 4.43 Å². The zero-order valence-electron chi connectivity index (χ0n) is 5.32. The lowest BCUT2D eigenvalue weighted by Gasteiger charge is -1.93. The van der Waals surface area contributed by atoms with Gasteiger partial charge in [0.25, 0.3) is 0 Å². The Hall–Kier alpha value is 0.210. The van der Waals surface area contributed by atoms with Gasteiger partial charge in [-0.3, -0.25) is 0 Å². The van der Waals surface area contributed by atoms with E-state index < -0.39 is 0 Å². The maximum Gasteiger partial charge on any atom is 0.147 e. The molecule has 0 saturated carbocycles. The Morgan fingerprint density at radius 2 is 2.22 bits per heavy atom. The predicted molar refractivity (Wildman–Crippen MR) is 44.5 cm³/mol. The number of alkyl halides is 1. The SMILES string of the molecule is COCOCC#CCI. The van der Waals surface area contributed by atoms with Crippen molar-refractivity contribution in [2.24, 2.45) is 0 Å². The Labute approximate surface area is 69.1 Å². The van der Waals surface area contributed by atoms with Gasteiger partial charge in [-0.05, 0) is 0 Å². The lowest BCUT2D eigenvalue weighted by atomic mass is 10.6. The summed E-state index contributed by atoms with van der Waals surface area (Å²) in [6.07, 6.45) is 0. The molecule has 52 valence electrons. The van der Waals surface area contributed by atoms with Crippen molar-refractivity contribution in [3.8, 4) is 11.8 Å². The average molecular weight is 240 g/mol. The predicted octanol–water partition coefficient (Wildman–Crippen LogP) is 1.05. The Bertz CT molecular complexity index is 103. The monoisotopic (exact) mass is 240 g/mol. The summed E-state index contributed by atoms with van der Waals surface area (Å²) in [4.78, 5) is 0. The quantitative estimate of drug-likeness (QED) is 0.241. The summed E-state index contributed by atoms with van der Waals surface area (Å²) in [5, 5.41) is 0. The third kappa shape index (κ3) is 8.21. The normalized spacial score (nSPS) is 8.22. The molecule has 9 heavy (non-hydrogen) atoms. The lowest BCUT2D eigenvalue weighted by molar-refractivity contribution is -0.0166. The molecule has 0 aromatic rings. The van der Waals surface area contributed by atoms with E-state index in [1.54, 1.807) is 7.11 Å². The summed E-state index contributed by atoms with van der Waals surface area (Å²) >= 11 is 2.19. The molecule has 0 rings (SSSR count). The van der Waals surface area contributed by atoms with Crippen LogP contribution in [-0.2, 0) is 9.47 Å². The minimum atomic E-state index is 0.329. The summed E-state index contributed by atoms with van der Waals surface area (Å²) < 4.78 is 10.4. The minimum Gasteiger partial charge on any atom is -0.359 e. The summed E-state index contributed by atoms with van der Waals surface area (Å²) in [5.41, 5.74) is 0. The summed E-state index contributed by atoms with van der Waals surface area (Å²) in [5.74, 6) is 5.67. The molecule has 0 aliphatic rings. The van der Waals surface area contributed by atoms with E-state index in [9.17, 15) is 0 Å². The molecule has 3 heteroatoms. The van der Waals surface area contributed by atoms with Crippen molar-refractivity contribution in [3.05, 3.63) is 0 Å². The van der Waals surface area contributed by atoms with Gasteiger partial charge in [-0.25, -0.2) is 0 Å². The van der Waals surface area contributed by atoms with E-state index in [1.807, 2.05) is 0 Å². The second kappa shape index (κ2) is 8.21. The van der Waals surface area contributed by atoms with Gasteiger partial charge >= 0.3 is 0 Å². The van der Waals surface area contributed by atoms with Crippen LogP contribution < -0.4 is 0 Å². The fourth-order valence-electron chi connectivity index (χ4n) is 0.274. The largest absolute Gasteiger partial charge is 0.359 e. The molecule has 0 heterocycles. The van der Waals surface area contributed by atoms with E-state index in [0.717, 1.165) is 4.43 Å². The first-order valence-electron chi connectivity index (χ1n) is 2.50. The molecule has 0 atom stereocenters. The van der Waals surface area contributed by atoms with Crippen molar-refractivity contribution in [1.29, 1.82) is 0 Å². The smallest absolute Gasteiger partial charge is 0.147 e. The molecule has 0 aromatic carbocycles. The molecule has 0 unspecified atom stereocenters.